The average molecular weight is 623 g/mol. The van der Waals surface area contributed by atoms with E-state index in [4.69, 9.17) is 10.1 Å². The van der Waals surface area contributed by atoms with E-state index in [9.17, 15) is 14.0 Å². The van der Waals surface area contributed by atoms with Crippen molar-refractivity contribution in [3.05, 3.63) is 65.3 Å². The summed E-state index contributed by atoms with van der Waals surface area (Å²) in [4.78, 5) is 28.1. The van der Waals surface area contributed by atoms with Gasteiger partial charge < -0.3 is 20.9 Å². The molecule has 0 aliphatic rings. The van der Waals surface area contributed by atoms with E-state index in [0.717, 1.165) is 23.6 Å². The molecule has 0 aliphatic carbocycles. The van der Waals surface area contributed by atoms with Crippen molar-refractivity contribution in [2.75, 3.05) is 62.8 Å². The fraction of sp³-hybridized carbons (Fsp3) is 0.469. The van der Waals surface area contributed by atoms with Gasteiger partial charge >= 0.3 is 0 Å². The van der Waals surface area contributed by atoms with Crippen LogP contribution < -0.4 is 20.9 Å². The fourth-order valence-electron chi connectivity index (χ4n) is 2.36. The first-order valence-electron chi connectivity index (χ1n) is 14.4. The highest BCUT2D eigenvalue weighted by Crippen LogP contribution is 2.16. The van der Waals surface area contributed by atoms with Crippen LogP contribution in [0.25, 0.3) is 0 Å². The van der Waals surface area contributed by atoms with Crippen LogP contribution in [-0.2, 0) is 14.4 Å². The summed E-state index contributed by atoms with van der Waals surface area (Å²) in [5.74, 6) is 0.127. The van der Waals surface area contributed by atoms with E-state index in [1.54, 1.807) is 41.5 Å². The standard InChI is InChI=1S/C16H18FN3O.C7H12N2OS.C3H7NO.3C2H6/c1-18-13-4-3-5-14(10-13)19-16(21)11-20(2)15-8-6-12(17)7-9-15;1-7(4-8)5-11-6-10-9(2)3;1-2-4-3-5;3*1-2/h3-10,18H,11H2,1-2H3,(H,19,21);5H,6H2,1-3H3;3H,2H2,1H3,(H,4,5);3*1-2H3/b;7-5+;;;;. The maximum Gasteiger partial charge on any atom is 0.243 e. The van der Waals surface area contributed by atoms with Gasteiger partial charge in [0.05, 0.1) is 12.6 Å². The molecule has 0 unspecified atom stereocenters. The van der Waals surface area contributed by atoms with E-state index in [0.29, 0.717) is 17.9 Å². The number of nitrogens with one attached hydrogen (secondary N) is 3. The van der Waals surface area contributed by atoms with E-state index in [1.165, 1.54) is 23.9 Å². The maximum absolute atomic E-state index is 12.9. The molecule has 0 atom stereocenters. The first-order valence-corrected chi connectivity index (χ1v) is 15.4. The number of benzene rings is 2. The number of hydrogen-bond donors (Lipinski definition) is 3. The first kappa shape index (κ1) is 46.4. The number of halogens is 1. The van der Waals surface area contributed by atoms with Crippen molar-refractivity contribution < 1.29 is 18.8 Å². The number of nitriles is 1. The van der Waals surface area contributed by atoms with Crippen LogP contribution in [0, 0.1) is 17.1 Å². The van der Waals surface area contributed by atoms with Gasteiger partial charge in [-0.2, -0.15) is 10.3 Å². The third kappa shape index (κ3) is 29.7. The van der Waals surface area contributed by atoms with E-state index in [-0.39, 0.29) is 18.3 Å². The van der Waals surface area contributed by atoms with Crippen LogP contribution in [0.15, 0.2) is 59.5 Å². The molecule has 2 aromatic rings. The summed E-state index contributed by atoms with van der Waals surface area (Å²) in [5.41, 5.74) is 3.16. The largest absolute Gasteiger partial charge is 0.388 e. The Morgan fingerprint density at radius 1 is 1.02 bits per heavy atom. The molecular weight excluding hydrogens is 567 g/mol. The van der Waals surface area contributed by atoms with Gasteiger partial charge in [0.25, 0.3) is 0 Å². The second kappa shape index (κ2) is 34.6. The molecule has 0 saturated heterocycles. The smallest absolute Gasteiger partial charge is 0.243 e. The molecule has 2 amide bonds. The number of thioether (sulfide) groups is 1. The van der Waals surface area contributed by atoms with Crippen LogP contribution in [-0.4, -0.2) is 64.6 Å². The summed E-state index contributed by atoms with van der Waals surface area (Å²) in [6.07, 6.45) is 0.681. The van der Waals surface area contributed by atoms with E-state index in [2.05, 4.69) is 16.0 Å². The molecule has 9 nitrogen and oxygen atoms in total. The van der Waals surface area contributed by atoms with Crippen molar-refractivity contribution in [2.45, 2.75) is 55.4 Å². The fourth-order valence-corrected chi connectivity index (χ4v) is 3.00. The second-order valence-corrected chi connectivity index (χ2v) is 8.33. The quantitative estimate of drug-likeness (QED) is 0.0784. The minimum absolute atomic E-state index is 0.130. The zero-order valence-electron chi connectivity index (χ0n) is 28.2. The Morgan fingerprint density at radius 2 is 1.58 bits per heavy atom. The van der Waals surface area contributed by atoms with Crippen LogP contribution in [0.4, 0.5) is 21.5 Å². The molecule has 0 aromatic heterocycles. The molecule has 11 heteroatoms. The first-order chi connectivity index (χ1) is 20.7. The predicted octanol–water partition coefficient (Wildman–Crippen LogP) is 7.37. The van der Waals surface area contributed by atoms with Gasteiger partial charge in [0.1, 0.15) is 11.8 Å². The summed E-state index contributed by atoms with van der Waals surface area (Å²) < 4.78 is 12.9. The van der Waals surface area contributed by atoms with E-state index in [1.807, 2.05) is 99.9 Å². The van der Waals surface area contributed by atoms with Gasteiger partial charge in [0.15, 0.2) is 0 Å². The van der Waals surface area contributed by atoms with Crippen molar-refractivity contribution >= 4 is 41.1 Å². The molecule has 244 valence electrons. The minimum atomic E-state index is -0.291. The zero-order valence-corrected chi connectivity index (χ0v) is 29.1. The number of anilines is 3. The molecule has 0 radical (unpaired) electrons. The van der Waals surface area contributed by atoms with Crippen molar-refractivity contribution in [3.8, 4) is 6.07 Å². The third-order valence-corrected chi connectivity index (χ3v) is 4.95. The van der Waals surface area contributed by atoms with E-state index < -0.39 is 0 Å². The Morgan fingerprint density at radius 3 is 2.02 bits per heavy atom. The minimum Gasteiger partial charge on any atom is -0.388 e. The van der Waals surface area contributed by atoms with Gasteiger partial charge in [-0.1, -0.05) is 47.6 Å². The summed E-state index contributed by atoms with van der Waals surface area (Å²) >= 11 is 1.47. The highest BCUT2D eigenvalue weighted by molar-refractivity contribution is 8.02. The van der Waals surface area contributed by atoms with Crippen LogP contribution in [0.5, 0.6) is 0 Å². The number of nitrogens with zero attached hydrogens (tertiary/aromatic N) is 3. The van der Waals surface area contributed by atoms with Crippen molar-refractivity contribution in [2.24, 2.45) is 0 Å². The predicted molar refractivity (Wildman–Crippen MR) is 185 cm³/mol. The molecular formula is C32H55FN6O3S. The molecule has 43 heavy (non-hydrogen) atoms. The van der Waals surface area contributed by atoms with Gasteiger partial charge in [0.2, 0.25) is 12.3 Å². The summed E-state index contributed by atoms with van der Waals surface area (Å²) in [5, 5.41) is 20.0. The lowest BCUT2D eigenvalue weighted by atomic mass is 10.2. The summed E-state index contributed by atoms with van der Waals surface area (Å²) in [6.45, 7) is 16.6. The summed E-state index contributed by atoms with van der Waals surface area (Å²) in [6, 6.07) is 15.5. The molecule has 0 aliphatic heterocycles. The van der Waals surface area contributed by atoms with Crippen LogP contribution in [0.3, 0.4) is 0 Å². The van der Waals surface area contributed by atoms with E-state index >= 15 is 0 Å². The normalized spacial score (nSPS) is 9.09. The highest BCUT2D eigenvalue weighted by atomic mass is 32.2. The zero-order chi connectivity index (χ0) is 34.1. The molecule has 2 rings (SSSR count). The molecule has 0 bridgehead atoms. The molecule has 0 heterocycles. The lowest BCUT2D eigenvalue weighted by Gasteiger charge is -2.18. The lowest BCUT2D eigenvalue weighted by molar-refractivity contribution is -0.115. The Hall–Kier alpha value is -3.59. The maximum atomic E-state index is 12.9. The number of rotatable bonds is 11. The Labute approximate surface area is 264 Å². The number of carbonyl (C=O) groups excluding carboxylic acids is 2. The number of hydrogen-bond acceptors (Lipinski definition) is 8. The Kier molecular flexibility index (Phi) is 37.3. The average Bonchev–Trinajstić information content (AvgIpc) is 3.03. The van der Waals surface area contributed by atoms with Crippen LogP contribution in [0.1, 0.15) is 55.4 Å². The van der Waals surface area contributed by atoms with Gasteiger partial charge in [-0.05, 0) is 61.7 Å². The highest BCUT2D eigenvalue weighted by Gasteiger charge is 2.08. The van der Waals surface area contributed by atoms with Gasteiger partial charge in [-0.15, -0.1) is 11.8 Å². The monoisotopic (exact) mass is 622 g/mol. The number of hydroxylamine groups is 2. The molecule has 0 saturated carbocycles. The van der Waals surface area contributed by atoms with Crippen LogP contribution >= 0.6 is 11.8 Å². The molecule has 3 N–H and O–H groups in total. The number of likely N-dealkylation sites (N-methyl/N-ethyl adjacent to an activating group) is 1. The molecule has 0 fully saturated rings. The number of carbonyl (C=O) groups is 2. The van der Waals surface area contributed by atoms with Crippen molar-refractivity contribution in [3.63, 3.8) is 0 Å². The van der Waals surface area contributed by atoms with Crippen molar-refractivity contribution in [1.29, 1.82) is 5.26 Å². The third-order valence-electron chi connectivity index (χ3n) is 4.19. The number of amides is 2. The van der Waals surface area contributed by atoms with Gasteiger partial charge in [-0.3, -0.25) is 14.4 Å². The van der Waals surface area contributed by atoms with Crippen molar-refractivity contribution in [1.82, 2.24) is 10.4 Å². The van der Waals surface area contributed by atoms with Gasteiger partial charge in [0, 0.05) is 57.4 Å². The Balaban J connectivity index is -0.000000291. The van der Waals surface area contributed by atoms with Gasteiger partial charge in [-0.25, -0.2) is 4.39 Å². The van der Waals surface area contributed by atoms with Crippen LogP contribution in [0.2, 0.25) is 0 Å². The lowest BCUT2D eigenvalue weighted by Crippen LogP contribution is -2.30. The molecule has 0 spiro atoms. The topological polar surface area (TPSA) is 110 Å². The second-order valence-electron chi connectivity index (χ2n) is 7.53. The Bertz CT molecular complexity index is 999. The molecule has 2 aromatic carbocycles. The SMILES string of the molecule is C/C(C#N)=C\SCON(C)C.CC.CC.CC.CCNC=O.CNc1cccc(NC(=O)CN(C)c2ccc(F)cc2)c1. The number of allylic oxidation sites excluding steroid dienone is 1. The summed E-state index contributed by atoms with van der Waals surface area (Å²) in [7, 11) is 7.25.